The van der Waals surface area contributed by atoms with Gasteiger partial charge in [0.2, 0.25) is 0 Å². The lowest BCUT2D eigenvalue weighted by molar-refractivity contribution is 0.749. The second-order valence-electron chi connectivity index (χ2n) is 6.09. The van der Waals surface area contributed by atoms with E-state index in [0.29, 0.717) is 17.5 Å². The molecule has 0 saturated heterocycles. The lowest BCUT2D eigenvalue weighted by Gasteiger charge is -2.06. The Labute approximate surface area is 154 Å². The second kappa shape index (κ2) is 6.58. The summed E-state index contributed by atoms with van der Waals surface area (Å²) in [6.45, 7) is 2.42. The molecule has 0 atom stereocenters. The van der Waals surface area contributed by atoms with Gasteiger partial charge in [-0.15, -0.1) is 11.3 Å². The van der Waals surface area contributed by atoms with Crippen molar-refractivity contribution in [3.63, 3.8) is 0 Å². The minimum Gasteiger partial charge on any atom is -0.294 e. The van der Waals surface area contributed by atoms with Crippen LogP contribution in [0.15, 0.2) is 65.7 Å². The Bertz CT molecular complexity index is 1180. The van der Waals surface area contributed by atoms with Gasteiger partial charge >= 0.3 is 0 Å². The number of fused-ring (bicyclic) bond motifs is 1. The molecule has 4 aromatic rings. The van der Waals surface area contributed by atoms with Gasteiger partial charge in [0.05, 0.1) is 29.9 Å². The van der Waals surface area contributed by atoms with Crippen molar-refractivity contribution in [2.24, 2.45) is 0 Å². The average molecular weight is 357 g/mol. The highest BCUT2D eigenvalue weighted by Gasteiger charge is 2.15. The maximum absolute atomic E-state index is 13.0. The van der Waals surface area contributed by atoms with Gasteiger partial charge in [-0.2, -0.15) is 5.26 Å². The fourth-order valence-corrected chi connectivity index (χ4v) is 4.16. The first-order valence-corrected chi connectivity index (χ1v) is 9.02. The first-order chi connectivity index (χ1) is 12.7. The zero-order valence-electron chi connectivity index (χ0n) is 14.1. The van der Waals surface area contributed by atoms with Crippen LogP contribution in [0, 0.1) is 18.3 Å². The SMILES string of the molecule is Cc1c(-c2ccccc2)sc2ncn(Cc3ccc(C#N)cc3)c(=O)c12. The number of hydrogen-bond acceptors (Lipinski definition) is 4. The van der Waals surface area contributed by atoms with E-state index in [-0.39, 0.29) is 5.56 Å². The predicted molar refractivity (Wildman–Crippen MR) is 104 cm³/mol. The third kappa shape index (κ3) is 2.81. The quantitative estimate of drug-likeness (QED) is 0.547. The summed E-state index contributed by atoms with van der Waals surface area (Å²) in [5, 5.41) is 9.58. The average Bonchev–Trinajstić information content (AvgIpc) is 3.02. The molecule has 0 bridgehead atoms. The van der Waals surface area contributed by atoms with E-state index in [4.69, 9.17) is 5.26 Å². The molecule has 0 unspecified atom stereocenters. The predicted octanol–water partition coefficient (Wildman–Crippen LogP) is 4.35. The van der Waals surface area contributed by atoms with E-state index in [1.165, 1.54) is 0 Å². The highest BCUT2D eigenvalue weighted by molar-refractivity contribution is 7.22. The van der Waals surface area contributed by atoms with Crippen molar-refractivity contribution < 1.29 is 0 Å². The monoisotopic (exact) mass is 357 g/mol. The van der Waals surface area contributed by atoms with E-state index in [1.807, 2.05) is 49.4 Å². The summed E-state index contributed by atoms with van der Waals surface area (Å²) >= 11 is 1.55. The van der Waals surface area contributed by atoms with Crippen molar-refractivity contribution >= 4 is 21.6 Å². The maximum atomic E-state index is 13.0. The van der Waals surface area contributed by atoms with Crippen molar-refractivity contribution in [2.75, 3.05) is 0 Å². The van der Waals surface area contributed by atoms with E-state index in [1.54, 1.807) is 34.4 Å². The van der Waals surface area contributed by atoms with Gasteiger partial charge in [-0.05, 0) is 35.7 Å². The number of aryl methyl sites for hydroxylation is 1. The summed E-state index contributed by atoms with van der Waals surface area (Å²) < 4.78 is 1.62. The van der Waals surface area contributed by atoms with Crippen molar-refractivity contribution in [3.8, 4) is 16.5 Å². The molecule has 0 aliphatic rings. The minimum absolute atomic E-state index is 0.0321. The van der Waals surface area contributed by atoms with E-state index >= 15 is 0 Å². The van der Waals surface area contributed by atoms with Gasteiger partial charge in [-0.1, -0.05) is 42.5 Å². The van der Waals surface area contributed by atoms with Crippen molar-refractivity contribution in [2.45, 2.75) is 13.5 Å². The lowest BCUT2D eigenvalue weighted by atomic mass is 10.1. The fraction of sp³-hybridized carbons (Fsp3) is 0.0952. The molecule has 126 valence electrons. The van der Waals surface area contributed by atoms with Crippen molar-refractivity contribution in [1.82, 2.24) is 9.55 Å². The Morgan fingerprint density at radius 3 is 2.54 bits per heavy atom. The number of nitriles is 1. The molecular weight excluding hydrogens is 342 g/mol. The van der Waals surface area contributed by atoms with Gasteiger partial charge in [-0.3, -0.25) is 9.36 Å². The van der Waals surface area contributed by atoms with Crippen LogP contribution in [0.5, 0.6) is 0 Å². The second-order valence-corrected chi connectivity index (χ2v) is 7.09. The number of rotatable bonds is 3. The topological polar surface area (TPSA) is 58.7 Å². The van der Waals surface area contributed by atoms with Gasteiger partial charge in [-0.25, -0.2) is 4.98 Å². The number of aromatic nitrogens is 2. The largest absolute Gasteiger partial charge is 0.294 e. The number of nitrogens with zero attached hydrogens (tertiary/aromatic N) is 3. The Hall–Kier alpha value is -3.23. The Kier molecular flexibility index (Phi) is 4.11. The molecule has 0 radical (unpaired) electrons. The molecule has 4 rings (SSSR count). The fourth-order valence-electron chi connectivity index (χ4n) is 3.02. The van der Waals surface area contributed by atoms with Crippen LogP contribution in [0.25, 0.3) is 20.7 Å². The lowest BCUT2D eigenvalue weighted by Crippen LogP contribution is -2.21. The van der Waals surface area contributed by atoms with Crippen LogP contribution in [0.1, 0.15) is 16.7 Å². The zero-order chi connectivity index (χ0) is 18.1. The molecule has 26 heavy (non-hydrogen) atoms. The van der Waals surface area contributed by atoms with Crippen molar-refractivity contribution in [3.05, 3.63) is 88.0 Å². The maximum Gasteiger partial charge on any atom is 0.262 e. The molecule has 0 aliphatic carbocycles. The van der Waals surface area contributed by atoms with Gasteiger partial charge in [0.25, 0.3) is 5.56 Å². The molecule has 0 spiro atoms. The van der Waals surface area contributed by atoms with Crippen LogP contribution in [0.3, 0.4) is 0 Å². The third-order valence-electron chi connectivity index (χ3n) is 4.39. The molecule has 2 aromatic carbocycles. The van der Waals surface area contributed by atoms with Crippen LogP contribution in [-0.2, 0) is 6.54 Å². The normalized spacial score (nSPS) is 10.8. The third-order valence-corrected chi connectivity index (χ3v) is 5.64. The van der Waals surface area contributed by atoms with Crippen LogP contribution in [0.4, 0.5) is 0 Å². The summed E-state index contributed by atoms with van der Waals surface area (Å²) in [6, 6.07) is 19.4. The number of thiophene rings is 1. The first kappa shape index (κ1) is 16.2. The molecule has 0 fully saturated rings. The van der Waals surface area contributed by atoms with E-state index in [9.17, 15) is 4.79 Å². The molecule has 0 aliphatic heterocycles. The summed E-state index contributed by atoms with van der Waals surface area (Å²) in [6.07, 6.45) is 1.60. The molecule has 0 N–H and O–H groups in total. The zero-order valence-corrected chi connectivity index (χ0v) is 15.0. The van der Waals surface area contributed by atoms with Gasteiger partial charge in [0, 0.05) is 4.88 Å². The van der Waals surface area contributed by atoms with Crippen molar-refractivity contribution in [1.29, 1.82) is 5.26 Å². The van der Waals surface area contributed by atoms with Crippen LogP contribution in [0.2, 0.25) is 0 Å². The minimum atomic E-state index is -0.0321. The van der Waals surface area contributed by atoms with E-state index < -0.39 is 0 Å². The smallest absolute Gasteiger partial charge is 0.262 e. The molecule has 0 amide bonds. The van der Waals surface area contributed by atoms with E-state index in [0.717, 1.165) is 26.4 Å². The molecule has 2 heterocycles. The number of hydrogen-bond donors (Lipinski definition) is 0. The standard InChI is InChI=1S/C21H15N3OS/c1-14-18-20(26-19(14)17-5-3-2-4-6-17)23-13-24(21(18)25)12-16-9-7-15(11-22)8-10-16/h2-10,13H,12H2,1H3. The highest BCUT2D eigenvalue weighted by atomic mass is 32.1. The summed E-state index contributed by atoms with van der Waals surface area (Å²) in [7, 11) is 0. The van der Waals surface area contributed by atoms with Gasteiger partial charge in [0.1, 0.15) is 4.83 Å². The van der Waals surface area contributed by atoms with Crippen LogP contribution >= 0.6 is 11.3 Å². The van der Waals surface area contributed by atoms with Gasteiger partial charge < -0.3 is 0 Å². The molecule has 4 nitrogen and oxygen atoms in total. The van der Waals surface area contributed by atoms with Crippen LogP contribution < -0.4 is 5.56 Å². The molecule has 0 saturated carbocycles. The Morgan fingerprint density at radius 2 is 1.85 bits per heavy atom. The number of benzene rings is 2. The summed E-state index contributed by atoms with van der Waals surface area (Å²) in [5.41, 5.74) is 3.61. The highest BCUT2D eigenvalue weighted by Crippen LogP contribution is 2.35. The van der Waals surface area contributed by atoms with Crippen LogP contribution in [-0.4, -0.2) is 9.55 Å². The summed E-state index contributed by atoms with van der Waals surface area (Å²) in [4.78, 5) is 19.4. The Balaban J connectivity index is 1.78. The van der Waals surface area contributed by atoms with Gasteiger partial charge in [0.15, 0.2) is 0 Å². The van der Waals surface area contributed by atoms with E-state index in [2.05, 4.69) is 11.1 Å². The Morgan fingerprint density at radius 1 is 1.12 bits per heavy atom. The summed E-state index contributed by atoms with van der Waals surface area (Å²) in [5.74, 6) is 0. The molecule has 2 aromatic heterocycles. The first-order valence-electron chi connectivity index (χ1n) is 8.20. The molecular formula is C21H15N3OS. The molecule has 5 heteroatoms.